The van der Waals surface area contributed by atoms with Gasteiger partial charge >= 0.3 is 0 Å². The molecule has 1 saturated carbocycles. The topological polar surface area (TPSA) is 29.1 Å². The molecule has 1 aromatic carbocycles. The zero-order valence-electron chi connectivity index (χ0n) is 10.1. The van der Waals surface area contributed by atoms with Crippen LogP contribution in [-0.2, 0) is 4.79 Å². The highest BCUT2D eigenvalue weighted by molar-refractivity contribution is 5.90. The number of amides is 1. The molecular weight excluding hydrogens is 210 g/mol. The van der Waals surface area contributed by atoms with E-state index in [1.807, 2.05) is 6.07 Å². The molecule has 90 valence electrons. The van der Waals surface area contributed by atoms with Gasteiger partial charge in [-0.1, -0.05) is 56.0 Å². The standard InChI is InChI=1S/C15H19NO/c17-14-15(10-6-1-2-7-11-15)13(16-14)12-8-4-3-5-9-12/h3-5,8-9,13H,1-2,6-7,10-11H2,(H,16,17). The summed E-state index contributed by atoms with van der Waals surface area (Å²) in [4.78, 5) is 12.0. The summed E-state index contributed by atoms with van der Waals surface area (Å²) in [6, 6.07) is 10.7. The third kappa shape index (κ3) is 1.67. The van der Waals surface area contributed by atoms with Crippen molar-refractivity contribution in [1.29, 1.82) is 0 Å². The van der Waals surface area contributed by atoms with Crippen molar-refractivity contribution < 1.29 is 4.79 Å². The number of rotatable bonds is 1. The molecule has 1 aliphatic heterocycles. The van der Waals surface area contributed by atoms with Crippen molar-refractivity contribution in [2.24, 2.45) is 5.41 Å². The molecule has 0 aromatic heterocycles. The van der Waals surface area contributed by atoms with Gasteiger partial charge in [0, 0.05) is 0 Å². The first-order valence-corrected chi connectivity index (χ1v) is 6.69. The van der Waals surface area contributed by atoms with Crippen molar-refractivity contribution >= 4 is 5.91 Å². The Balaban J connectivity index is 1.89. The summed E-state index contributed by atoms with van der Waals surface area (Å²) in [5, 5.41) is 3.11. The Morgan fingerprint density at radius 2 is 1.65 bits per heavy atom. The summed E-state index contributed by atoms with van der Waals surface area (Å²) in [5.41, 5.74) is 1.19. The second kappa shape index (κ2) is 4.17. The van der Waals surface area contributed by atoms with Gasteiger partial charge in [0.2, 0.25) is 5.91 Å². The van der Waals surface area contributed by atoms with Crippen molar-refractivity contribution in [2.45, 2.75) is 44.6 Å². The molecule has 1 spiro atoms. The van der Waals surface area contributed by atoms with Crippen LogP contribution in [-0.4, -0.2) is 5.91 Å². The maximum atomic E-state index is 12.0. The fourth-order valence-electron chi connectivity index (χ4n) is 3.39. The van der Waals surface area contributed by atoms with Crippen molar-refractivity contribution in [2.75, 3.05) is 0 Å². The third-order valence-electron chi connectivity index (χ3n) is 4.41. The zero-order chi connectivity index (χ0) is 11.7. The van der Waals surface area contributed by atoms with Gasteiger partial charge < -0.3 is 5.32 Å². The monoisotopic (exact) mass is 229 g/mol. The first kappa shape index (κ1) is 10.8. The average Bonchev–Trinajstić information content (AvgIpc) is 2.64. The number of carbonyl (C=O) groups is 1. The summed E-state index contributed by atoms with van der Waals surface area (Å²) >= 11 is 0. The molecule has 1 saturated heterocycles. The maximum Gasteiger partial charge on any atom is 0.229 e. The van der Waals surface area contributed by atoms with Crippen LogP contribution in [0.5, 0.6) is 0 Å². The Kier molecular flexibility index (Phi) is 2.65. The number of benzene rings is 1. The first-order chi connectivity index (χ1) is 8.33. The average molecular weight is 229 g/mol. The smallest absolute Gasteiger partial charge is 0.229 e. The van der Waals surface area contributed by atoms with Gasteiger partial charge in [-0.05, 0) is 18.4 Å². The number of hydrogen-bond donors (Lipinski definition) is 1. The van der Waals surface area contributed by atoms with Crippen LogP contribution >= 0.6 is 0 Å². The third-order valence-corrected chi connectivity index (χ3v) is 4.41. The van der Waals surface area contributed by atoms with E-state index in [-0.39, 0.29) is 17.4 Å². The molecular formula is C15H19NO. The Hall–Kier alpha value is -1.31. The SMILES string of the molecule is O=C1NC(c2ccccc2)C12CCCCCC2. The lowest BCUT2D eigenvalue weighted by Crippen LogP contribution is -2.60. The van der Waals surface area contributed by atoms with E-state index in [0.29, 0.717) is 0 Å². The minimum absolute atomic E-state index is 0.0855. The van der Waals surface area contributed by atoms with Crippen LogP contribution in [0, 0.1) is 5.41 Å². The molecule has 1 aromatic rings. The molecule has 0 radical (unpaired) electrons. The van der Waals surface area contributed by atoms with E-state index in [0.717, 1.165) is 12.8 Å². The lowest BCUT2D eigenvalue weighted by Gasteiger charge is -2.49. The Morgan fingerprint density at radius 3 is 2.24 bits per heavy atom. The number of β-lactam (4-membered cyclic amide) rings is 1. The highest BCUT2D eigenvalue weighted by Gasteiger charge is 2.54. The van der Waals surface area contributed by atoms with Crippen LogP contribution in [0.15, 0.2) is 30.3 Å². The predicted octanol–water partition coefficient (Wildman–Crippen LogP) is 3.20. The normalized spacial score (nSPS) is 27.1. The lowest BCUT2D eigenvalue weighted by molar-refractivity contribution is -0.148. The summed E-state index contributed by atoms with van der Waals surface area (Å²) in [7, 11) is 0. The van der Waals surface area contributed by atoms with Gasteiger partial charge in [0.1, 0.15) is 0 Å². The van der Waals surface area contributed by atoms with Crippen LogP contribution in [0.25, 0.3) is 0 Å². The Morgan fingerprint density at radius 1 is 1.00 bits per heavy atom. The van der Waals surface area contributed by atoms with E-state index in [9.17, 15) is 4.79 Å². The van der Waals surface area contributed by atoms with Crippen molar-refractivity contribution in [3.63, 3.8) is 0 Å². The van der Waals surface area contributed by atoms with Gasteiger partial charge in [-0.25, -0.2) is 0 Å². The largest absolute Gasteiger partial charge is 0.348 e. The zero-order valence-corrected chi connectivity index (χ0v) is 10.1. The molecule has 1 amide bonds. The van der Waals surface area contributed by atoms with Gasteiger partial charge in [0.05, 0.1) is 11.5 Å². The summed E-state index contributed by atoms with van der Waals surface area (Å²) < 4.78 is 0. The quantitative estimate of drug-likeness (QED) is 0.736. The molecule has 2 fully saturated rings. The van der Waals surface area contributed by atoms with Gasteiger partial charge in [0.25, 0.3) is 0 Å². The number of hydrogen-bond acceptors (Lipinski definition) is 1. The summed E-state index contributed by atoms with van der Waals surface area (Å²) in [5.74, 6) is 0.285. The van der Waals surface area contributed by atoms with E-state index in [4.69, 9.17) is 0 Å². The molecule has 2 nitrogen and oxygen atoms in total. The number of nitrogens with one attached hydrogen (secondary N) is 1. The second-order valence-electron chi connectivity index (χ2n) is 5.39. The summed E-state index contributed by atoms with van der Waals surface area (Å²) in [6.45, 7) is 0. The van der Waals surface area contributed by atoms with Gasteiger partial charge in [-0.2, -0.15) is 0 Å². The predicted molar refractivity (Wildman–Crippen MR) is 67.5 cm³/mol. The highest BCUT2D eigenvalue weighted by atomic mass is 16.2. The minimum atomic E-state index is -0.0855. The number of carbonyl (C=O) groups excluding carboxylic acids is 1. The van der Waals surface area contributed by atoms with Gasteiger partial charge in [-0.3, -0.25) is 4.79 Å². The van der Waals surface area contributed by atoms with E-state index in [2.05, 4.69) is 29.6 Å². The summed E-state index contributed by atoms with van der Waals surface area (Å²) in [6.07, 6.45) is 7.12. The molecule has 17 heavy (non-hydrogen) atoms. The molecule has 2 heteroatoms. The van der Waals surface area contributed by atoms with E-state index >= 15 is 0 Å². The maximum absolute atomic E-state index is 12.0. The van der Waals surface area contributed by atoms with Crippen LogP contribution in [0.3, 0.4) is 0 Å². The van der Waals surface area contributed by atoms with Gasteiger partial charge in [0.15, 0.2) is 0 Å². The molecule has 1 unspecified atom stereocenters. The molecule has 0 bridgehead atoms. The molecule has 1 atom stereocenters. The fraction of sp³-hybridized carbons (Fsp3) is 0.533. The van der Waals surface area contributed by atoms with Gasteiger partial charge in [-0.15, -0.1) is 0 Å². The van der Waals surface area contributed by atoms with Crippen LogP contribution < -0.4 is 5.32 Å². The Bertz CT molecular complexity index is 404. The molecule has 1 heterocycles. The van der Waals surface area contributed by atoms with E-state index in [1.165, 1.54) is 31.2 Å². The fourth-order valence-corrected chi connectivity index (χ4v) is 3.39. The van der Waals surface area contributed by atoms with Crippen molar-refractivity contribution in [1.82, 2.24) is 5.32 Å². The molecule has 1 aliphatic carbocycles. The highest BCUT2D eigenvalue weighted by Crippen LogP contribution is 2.51. The van der Waals surface area contributed by atoms with Crippen LogP contribution in [0.2, 0.25) is 0 Å². The van der Waals surface area contributed by atoms with Crippen molar-refractivity contribution in [3.8, 4) is 0 Å². The Labute approximate surface area is 102 Å². The van der Waals surface area contributed by atoms with Crippen LogP contribution in [0.4, 0.5) is 0 Å². The molecule has 1 N–H and O–H groups in total. The van der Waals surface area contributed by atoms with E-state index < -0.39 is 0 Å². The van der Waals surface area contributed by atoms with Crippen LogP contribution in [0.1, 0.15) is 50.1 Å². The lowest BCUT2D eigenvalue weighted by atomic mass is 9.65. The van der Waals surface area contributed by atoms with E-state index in [1.54, 1.807) is 0 Å². The first-order valence-electron chi connectivity index (χ1n) is 6.69. The molecule has 2 aliphatic rings. The molecule has 3 rings (SSSR count). The van der Waals surface area contributed by atoms with Crippen molar-refractivity contribution in [3.05, 3.63) is 35.9 Å². The second-order valence-corrected chi connectivity index (χ2v) is 5.39. The minimum Gasteiger partial charge on any atom is -0.348 e.